The normalized spacial score (nSPS) is 10.8. The summed E-state index contributed by atoms with van der Waals surface area (Å²) in [6, 6.07) is 22.7. The van der Waals surface area contributed by atoms with E-state index in [0.29, 0.717) is 29.1 Å². The maximum Gasteiger partial charge on any atom is 0.235 e. The molecule has 4 nitrogen and oxygen atoms in total. The summed E-state index contributed by atoms with van der Waals surface area (Å²) in [5.74, 6) is 1.35. The Morgan fingerprint density at radius 3 is 2.50 bits per heavy atom. The van der Waals surface area contributed by atoms with E-state index in [1.807, 2.05) is 36.4 Å². The molecule has 1 heterocycles. The van der Waals surface area contributed by atoms with Crippen LogP contribution in [0, 0.1) is 0 Å². The summed E-state index contributed by atoms with van der Waals surface area (Å²) in [4.78, 5) is 12.7. The van der Waals surface area contributed by atoms with Crippen LogP contribution in [0.5, 0.6) is 17.2 Å². The van der Waals surface area contributed by atoms with Crippen LogP contribution >= 0.6 is 15.9 Å². The second kappa shape index (κ2) is 8.31. The first-order chi connectivity index (χ1) is 13.7. The number of hydrogen-bond donors (Lipinski definition) is 0. The summed E-state index contributed by atoms with van der Waals surface area (Å²) in [7, 11) is 0. The number of hydrogen-bond acceptors (Lipinski definition) is 4. The third-order valence-corrected chi connectivity index (χ3v) is 4.93. The number of benzene rings is 3. The standard InChI is InChI=1S/C23H17BrO4/c24-19-8-4-5-9-20(19)28-22-15-27-21-14-17(10-11-18(21)23(22)25)26-13-12-16-6-2-1-3-7-16/h1-11,14-15H,12-13H2. The van der Waals surface area contributed by atoms with E-state index in [4.69, 9.17) is 13.9 Å². The molecule has 4 rings (SSSR count). The number of halogens is 1. The highest BCUT2D eigenvalue weighted by Crippen LogP contribution is 2.29. The van der Waals surface area contributed by atoms with Crippen molar-refractivity contribution in [2.45, 2.75) is 6.42 Å². The van der Waals surface area contributed by atoms with Gasteiger partial charge in [-0.1, -0.05) is 42.5 Å². The molecule has 28 heavy (non-hydrogen) atoms. The van der Waals surface area contributed by atoms with Gasteiger partial charge in [-0.2, -0.15) is 0 Å². The topological polar surface area (TPSA) is 48.7 Å². The number of para-hydroxylation sites is 1. The van der Waals surface area contributed by atoms with Gasteiger partial charge in [0.2, 0.25) is 11.2 Å². The lowest BCUT2D eigenvalue weighted by atomic mass is 10.2. The molecule has 0 fully saturated rings. The minimum atomic E-state index is -0.229. The van der Waals surface area contributed by atoms with Gasteiger partial charge in [0.05, 0.1) is 16.5 Å². The largest absolute Gasteiger partial charge is 0.493 e. The molecule has 0 saturated heterocycles. The van der Waals surface area contributed by atoms with Gasteiger partial charge in [-0.3, -0.25) is 4.79 Å². The zero-order valence-electron chi connectivity index (χ0n) is 14.9. The molecule has 4 aromatic rings. The second-order valence-electron chi connectivity index (χ2n) is 6.20. The van der Waals surface area contributed by atoms with Gasteiger partial charge in [0.1, 0.15) is 23.3 Å². The first-order valence-electron chi connectivity index (χ1n) is 8.85. The molecule has 5 heteroatoms. The molecule has 0 amide bonds. The quantitative estimate of drug-likeness (QED) is 0.373. The fourth-order valence-electron chi connectivity index (χ4n) is 2.83. The molecule has 1 aromatic heterocycles. The van der Waals surface area contributed by atoms with Crippen LogP contribution < -0.4 is 14.9 Å². The van der Waals surface area contributed by atoms with E-state index < -0.39 is 0 Å². The van der Waals surface area contributed by atoms with Crippen molar-refractivity contribution in [3.8, 4) is 17.2 Å². The Bertz CT molecular complexity index is 1150. The van der Waals surface area contributed by atoms with Crippen LogP contribution in [0.1, 0.15) is 5.56 Å². The van der Waals surface area contributed by atoms with Gasteiger partial charge in [0, 0.05) is 12.5 Å². The molecule has 0 aliphatic carbocycles. The van der Waals surface area contributed by atoms with Gasteiger partial charge in [0.25, 0.3) is 0 Å². The average Bonchev–Trinajstić information content (AvgIpc) is 2.72. The molecular weight excluding hydrogens is 420 g/mol. The molecular formula is C23H17BrO4. The van der Waals surface area contributed by atoms with Crippen molar-refractivity contribution in [3.63, 3.8) is 0 Å². The van der Waals surface area contributed by atoms with Crippen molar-refractivity contribution < 1.29 is 13.9 Å². The predicted octanol–water partition coefficient (Wildman–Crippen LogP) is 5.97. The molecule has 0 radical (unpaired) electrons. The van der Waals surface area contributed by atoms with E-state index in [9.17, 15) is 4.79 Å². The molecule has 0 N–H and O–H groups in total. The summed E-state index contributed by atoms with van der Waals surface area (Å²) in [6.45, 7) is 0.545. The smallest absolute Gasteiger partial charge is 0.235 e. The van der Waals surface area contributed by atoms with Crippen LogP contribution in [-0.4, -0.2) is 6.61 Å². The third-order valence-electron chi connectivity index (χ3n) is 4.27. The predicted molar refractivity (Wildman–Crippen MR) is 112 cm³/mol. The van der Waals surface area contributed by atoms with Crippen LogP contribution in [0.3, 0.4) is 0 Å². The first-order valence-corrected chi connectivity index (χ1v) is 9.65. The number of fused-ring (bicyclic) bond motifs is 1. The van der Waals surface area contributed by atoms with Crippen molar-refractivity contribution in [2.75, 3.05) is 6.61 Å². The lowest BCUT2D eigenvalue weighted by molar-refractivity contribution is 0.322. The van der Waals surface area contributed by atoms with Crippen LogP contribution in [0.15, 0.2) is 92.7 Å². The van der Waals surface area contributed by atoms with E-state index in [0.717, 1.165) is 10.9 Å². The Hall–Kier alpha value is -3.05. The number of rotatable bonds is 6. The van der Waals surface area contributed by atoms with Gasteiger partial charge >= 0.3 is 0 Å². The SMILES string of the molecule is O=c1c(Oc2ccccc2Br)coc2cc(OCCc3ccccc3)ccc12. The van der Waals surface area contributed by atoms with E-state index in [2.05, 4.69) is 28.1 Å². The van der Waals surface area contributed by atoms with Gasteiger partial charge in [-0.05, 0) is 45.8 Å². The van der Waals surface area contributed by atoms with Gasteiger partial charge in [-0.25, -0.2) is 0 Å². The molecule has 3 aromatic carbocycles. The van der Waals surface area contributed by atoms with E-state index in [-0.39, 0.29) is 11.2 Å². The zero-order valence-corrected chi connectivity index (χ0v) is 16.5. The van der Waals surface area contributed by atoms with Crippen LogP contribution in [-0.2, 0) is 6.42 Å². The summed E-state index contributed by atoms with van der Waals surface area (Å²) < 4.78 is 17.9. The van der Waals surface area contributed by atoms with Crippen LogP contribution in [0.4, 0.5) is 0 Å². The molecule has 0 aliphatic heterocycles. The number of ether oxygens (including phenoxy) is 2. The van der Waals surface area contributed by atoms with Gasteiger partial charge in [0.15, 0.2) is 0 Å². The molecule has 0 saturated carbocycles. The van der Waals surface area contributed by atoms with Crippen molar-refractivity contribution in [1.29, 1.82) is 0 Å². The minimum Gasteiger partial charge on any atom is -0.493 e. The molecule has 0 aliphatic rings. The fraction of sp³-hybridized carbons (Fsp3) is 0.0870. The van der Waals surface area contributed by atoms with E-state index in [1.165, 1.54) is 11.8 Å². The molecule has 140 valence electrons. The summed E-state index contributed by atoms with van der Waals surface area (Å²) in [6.07, 6.45) is 2.14. The second-order valence-corrected chi connectivity index (χ2v) is 7.06. The molecule has 0 atom stereocenters. The average molecular weight is 437 g/mol. The lowest BCUT2D eigenvalue weighted by Crippen LogP contribution is -2.06. The van der Waals surface area contributed by atoms with Crippen LogP contribution in [0.2, 0.25) is 0 Å². The highest BCUT2D eigenvalue weighted by Gasteiger charge is 2.11. The minimum absolute atomic E-state index is 0.136. The first kappa shape index (κ1) is 18.3. The molecule has 0 bridgehead atoms. The summed E-state index contributed by atoms with van der Waals surface area (Å²) in [5.41, 5.74) is 1.44. The summed E-state index contributed by atoms with van der Waals surface area (Å²) in [5, 5.41) is 0.444. The highest BCUT2D eigenvalue weighted by atomic mass is 79.9. The third kappa shape index (κ3) is 4.10. The Balaban J connectivity index is 1.51. The Labute approximate surface area is 170 Å². The Morgan fingerprint density at radius 2 is 1.68 bits per heavy atom. The van der Waals surface area contributed by atoms with Crippen molar-refractivity contribution in [3.05, 3.63) is 99.3 Å². The van der Waals surface area contributed by atoms with Gasteiger partial charge in [-0.15, -0.1) is 0 Å². The molecule has 0 spiro atoms. The highest BCUT2D eigenvalue weighted by molar-refractivity contribution is 9.10. The van der Waals surface area contributed by atoms with Crippen LogP contribution in [0.25, 0.3) is 11.0 Å². The lowest BCUT2D eigenvalue weighted by Gasteiger charge is -2.09. The summed E-state index contributed by atoms with van der Waals surface area (Å²) >= 11 is 3.40. The van der Waals surface area contributed by atoms with E-state index >= 15 is 0 Å². The Morgan fingerprint density at radius 1 is 0.893 bits per heavy atom. The van der Waals surface area contributed by atoms with E-state index in [1.54, 1.807) is 24.3 Å². The Kier molecular flexibility index (Phi) is 5.44. The van der Waals surface area contributed by atoms with Crippen molar-refractivity contribution in [1.82, 2.24) is 0 Å². The van der Waals surface area contributed by atoms with Crippen molar-refractivity contribution >= 4 is 26.9 Å². The maximum atomic E-state index is 12.7. The van der Waals surface area contributed by atoms with Crippen molar-refractivity contribution in [2.24, 2.45) is 0 Å². The van der Waals surface area contributed by atoms with Gasteiger partial charge < -0.3 is 13.9 Å². The molecule has 0 unspecified atom stereocenters. The fourth-order valence-corrected chi connectivity index (χ4v) is 3.19. The maximum absolute atomic E-state index is 12.7. The monoisotopic (exact) mass is 436 g/mol. The zero-order chi connectivity index (χ0) is 19.3.